The molecule has 0 saturated heterocycles. The summed E-state index contributed by atoms with van der Waals surface area (Å²) in [6.07, 6.45) is 0. The van der Waals surface area contributed by atoms with Crippen molar-refractivity contribution in [2.24, 2.45) is 0 Å². The lowest BCUT2D eigenvalue weighted by Crippen LogP contribution is -1.86. The van der Waals surface area contributed by atoms with E-state index in [4.69, 9.17) is 17.3 Å². The fourth-order valence-corrected chi connectivity index (χ4v) is 3.55. The molecule has 0 amide bonds. The van der Waals surface area contributed by atoms with Crippen molar-refractivity contribution in [1.29, 1.82) is 0 Å². The molecule has 88 valence electrons. The first kappa shape index (κ1) is 12.2. The molecular weight excluding hydrogens is 280 g/mol. The lowest BCUT2D eigenvalue weighted by molar-refractivity contribution is -0.380. The van der Waals surface area contributed by atoms with E-state index in [1.165, 1.54) is 17.8 Å². The van der Waals surface area contributed by atoms with Gasteiger partial charge in [0.15, 0.2) is 0 Å². The molecule has 0 spiro atoms. The van der Waals surface area contributed by atoms with Crippen LogP contribution in [0.3, 0.4) is 0 Å². The predicted octanol–water partition coefficient (Wildman–Crippen LogP) is 4.04. The number of benzene rings is 1. The van der Waals surface area contributed by atoms with E-state index < -0.39 is 4.92 Å². The Morgan fingerprint density at radius 2 is 2.12 bits per heavy atom. The fourth-order valence-electron chi connectivity index (χ4n) is 1.17. The van der Waals surface area contributed by atoms with E-state index in [0.717, 1.165) is 16.2 Å². The zero-order chi connectivity index (χ0) is 12.4. The third kappa shape index (κ3) is 2.71. The maximum atomic E-state index is 10.6. The van der Waals surface area contributed by atoms with Gasteiger partial charge in [-0.3, -0.25) is 10.1 Å². The van der Waals surface area contributed by atoms with Gasteiger partial charge in [0.1, 0.15) is 0 Å². The average molecular weight is 287 g/mol. The molecule has 2 rings (SSSR count). The smallest absolute Gasteiger partial charge is 0.326 e. The van der Waals surface area contributed by atoms with Crippen molar-refractivity contribution in [3.8, 4) is 0 Å². The van der Waals surface area contributed by atoms with Crippen molar-refractivity contribution in [3.63, 3.8) is 0 Å². The third-order valence-corrected chi connectivity index (χ3v) is 4.84. The maximum absolute atomic E-state index is 10.6. The van der Waals surface area contributed by atoms with Crippen molar-refractivity contribution in [2.45, 2.75) is 9.10 Å². The molecule has 1 aromatic heterocycles. The standard InChI is InChI=1S/C10H7ClN2O2S2/c11-6-5-9(13(14)15)17-10(6)16-8-4-2-1-3-7(8)12/h1-5H,12H2. The minimum Gasteiger partial charge on any atom is -0.398 e. The van der Waals surface area contributed by atoms with Gasteiger partial charge in [-0.15, -0.1) is 0 Å². The molecule has 0 radical (unpaired) electrons. The molecule has 0 unspecified atom stereocenters. The Kier molecular flexibility index (Phi) is 3.56. The van der Waals surface area contributed by atoms with Gasteiger partial charge >= 0.3 is 5.00 Å². The first-order valence-corrected chi connectivity index (χ1v) is 6.55. The van der Waals surface area contributed by atoms with Crippen molar-refractivity contribution < 1.29 is 4.92 Å². The Bertz CT molecular complexity index is 571. The second-order valence-electron chi connectivity index (χ2n) is 3.12. The first-order valence-electron chi connectivity index (χ1n) is 4.54. The van der Waals surface area contributed by atoms with Crippen LogP contribution in [0.1, 0.15) is 0 Å². The number of anilines is 1. The molecular formula is C10H7ClN2O2S2. The number of nitrogens with zero attached hydrogens (tertiary/aromatic N) is 1. The minimum absolute atomic E-state index is 0.0343. The number of rotatable bonds is 3. The summed E-state index contributed by atoms with van der Waals surface area (Å²) in [5.74, 6) is 0. The summed E-state index contributed by atoms with van der Waals surface area (Å²) in [6.45, 7) is 0. The highest BCUT2D eigenvalue weighted by molar-refractivity contribution is 8.01. The zero-order valence-electron chi connectivity index (χ0n) is 8.42. The molecule has 1 aromatic carbocycles. The maximum Gasteiger partial charge on any atom is 0.326 e. The van der Waals surface area contributed by atoms with E-state index in [9.17, 15) is 10.1 Å². The number of hydrogen-bond acceptors (Lipinski definition) is 5. The van der Waals surface area contributed by atoms with Crippen LogP contribution in [-0.4, -0.2) is 4.92 Å². The quantitative estimate of drug-likeness (QED) is 0.525. The van der Waals surface area contributed by atoms with Gasteiger partial charge in [-0.25, -0.2) is 0 Å². The van der Waals surface area contributed by atoms with Gasteiger partial charge in [-0.1, -0.05) is 46.8 Å². The Morgan fingerprint density at radius 3 is 2.71 bits per heavy atom. The van der Waals surface area contributed by atoms with Crippen LogP contribution in [0.2, 0.25) is 5.02 Å². The van der Waals surface area contributed by atoms with Crippen molar-refractivity contribution in [2.75, 3.05) is 5.73 Å². The molecule has 0 bridgehead atoms. The molecule has 2 aromatic rings. The molecule has 0 aliphatic carbocycles. The second kappa shape index (κ2) is 4.95. The molecule has 0 fully saturated rings. The van der Waals surface area contributed by atoms with E-state index in [-0.39, 0.29) is 5.00 Å². The largest absolute Gasteiger partial charge is 0.398 e. The van der Waals surface area contributed by atoms with Gasteiger partial charge < -0.3 is 5.73 Å². The lowest BCUT2D eigenvalue weighted by atomic mass is 10.3. The number of nitrogens with two attached hydrogens (primary N) is 1. The summed E-state index contributed by atoms with van der Waals surface area (Å²) in [4.78, 5) is 11.0. The number of halogens is 1. The summed E-state index contributed by atoms with van der Waals surface area (Å²) in [5, 5.41) is 11.0. The Balaban J connectivity index is 2.30. The number of nitro groups is 1. The van der Waals surface area contributed by atoms with Gasteiger partial charge in [-0.2, -0.15) is 0 Å². The third-order valence-electron chi connectivity index (χ3n) is 1.94. The van der Waals surface area contributed by atoms with Crippen LogP contribution in [0.4, 0.5) is 10.7 Å². The predicted molar refractivity (Wildman–Crippen MR) is 71.0 cm³/mol. The molecule has 0 aliphatic rings. The van der Waals surface area contributed by atoms with E-state index >= 15 is 0 Å². The summed E-state index contributed by atoms with van der Waals surface area (Å²) < 4.78 is 0.677. The van der Waals surface area contributed by atoms with Crippen LogP contribution in [-0.2, 0) is 0 Å². The molecule has 4 nitrogen and oxygen atoms in total. The van der Waals surface area contributed by atoms with Gasteiger partial charge in [0.25, 0.3) is 0 Å². The highest BCUT2D eigenvalue weighted by Gasteiger charge is 2.16. The molecule has 0 saturated carbocycles. The van der Waals surface area contributed by atoms with Crippen LogP contribution in [0.5, 0.6) is 0 Å². The SMILES string of the molecule is Nc1ccccc1Sc1sc([N+](=O)[O-])cc1Cl. The number of hydrogen-bond donors (Lipinski definition) is 1. The molecule has 0 aliphatic heterocycles. The summed E-state index contributed by atoms with van der Waals surface area (Å²) in [5.41, 5.74) is 6.42. The molecule has 17 heavy (non-hydrogen) atoms. The average Bonchev–Trinajstić information content (AvgIpc) is 2.64. The highest BCUT2D eigenvalue weighted by atomic mass is 35.5. The van der Waals surface area contributed by atoms with Crippen molar-refractivity contribution >= 4 is 45.4 Å². The first-order chi connectivity index (χ1) is 8.08. The highest BCUT2D eigenvalue weighted by Crippen LogP contribution is 2.43. The van der Waals surface area contributed by atoms with Crippen molar-refractivity contribution in [3.05, 3.63) is 45.5 Å². The topological polar surface area (TPSA) is 69.2 Å². The van der Waals surface area contributed by atoms with Gasteiger partial charge in [0.05, 0.1) is 14.2 Å². The van der Waals surface area contributed by atoms with E-state index in [0.29, 0.717) is 14.9 Å². The number of thiophene rings is 1. The van der Waals surface area contributed by atoms with Gasteiger partial charge in [0.2, 0.25) is 0 Å². The van der Waals surface area contributed by atoms with E-state index in [1.807, 2.05) is 18.2 Å². The minimum atomic E-state index is -0.449. The van der Waals surface area contributed by atoms with Crippen LogP contribution >= 0.6 is 34.7 Å². The normalized spacial score (nSPS) is 10.4. The summed E-state index contributed by atoms with van der Waals surface area (Å²) in [7, 11) is 0. The molecule has 0 atom stereocenters. The van der Waals surface area contributed by atoms with Gasteiger partial charge in [-0.05, 0) is 12.1 Å². The molecule has 1 heterocycles. The monoisotopic (exact) mass is 286 g/mol. The number of nitrogen functional groups attached to an aromatic ring is 1. The van der Waals surface area contributed by atoms with Crippen LogP contribution < -0.4 is 5.73 Å². The van der Waals surface area contributed by atoms with E-state index in [1.54, 1.807) is 6.07 Å². The van der Waals surface area contributed by atoms with Crippen molar-refractivity contribution in [1.82, 2.24) is 0 Å². The van der Waals surface area contributed by atoms with Crippen LogP contribution in [0, 0.1) is 10.1 Å². The van der Waals surface area contributed by atoms with Gasteiger partial charge in [0, 0.05) is 16.6 Å². The van der Waals surface area contributed by atoms with Crippen LogP contribution in [0.25, 0.3) is 0 Å². The number of para-hydroxylation sites is 1. The molecule has 2 N–H and O–H groups in total. The summed E-state index contributed by atoms with van der Waals surface area (Å²) >= 11 is 8.32. The van der Waals surface area contributed by atoms with Crippen LogP contribution in [0.15, 0.2) is 39.4 Å². The Labute approximate surface area is 111 Å². The van der Waals surface area contributed by atoms with E-state index in [2.05, 4.69) is 0 Å². The second-order valence-corrected chi connectivity index (χ2v) is 5.87. The zero-order valence-corrected chi connectivity index (χ0v) is 10.8. The fraction of sp³-hybridized carbons (Fsp3) is 0. The summed E-state index contributed by atoms with van der Waals surface area (Å²) in [6, 6.07) is 8.67. The Hall–Kier alpha value is -1.24. The Morgan fingerprint density at radius 1 is 1.41 bits per heavy atom. The molecule has 7 heteroatoms. The lowest BCUT2D eigenvalue weighted by Gasteiger charge is -2.02.